The molecule has 1 N–H and O–H groups in total. The van der Waals surface area contributed by atoms with Crippen LogP contribution in [0.1, 0.15) is 57.3 Å². The zero-order chi connectivity index (χ0) is 16.9. The Morgan fingerprint density at radius 2 is 1.96 bits per heavy atom. The number of piperidine rings is 1. The van der Waals surface area contributed by atoms with E-state index in [4.69, 9.17) is 4.42 Å². The largest absolute Gasteiger partial charge is 0.468 e. The number of likely N-dealkylation sites (tertiary alicyclic amines) is 1. The Hall–Kier alpha value is -1.92. The van der Waals surface area contributed by atoms with Crippen molar-refractivity contribution in [3.63, 3.8) is 0 Å². The Bertz CT molecular complexity index is 687. The molecule has 2 aromatic rings. The molecule has 0 spiro atoms. The quantitative estimate of drug-likeness (QED) is 0.813. The molecule has 6 heteroatoms. The molecule has 1 aliphatic rings. The molecule has 3 heterocycles. The lowest BCUT2D eigenvalue weighted by Gasteiger charge is -2.33. The Kier molecular flexibility index (Phi) is 5.48. The molecular formula is C18H22N2O3S. The average Bonchev–Trinajstić information content (AvgIpc) is 3.28. The van der Waals surface area contributed by atoms with Gasteiger partial charge in [0.05, 0.1) is 22.1 Å². The molecule has 1 saturated heterocycles. The van der Waals surface area contributed by atoms with Gasteiger partial charge in [-0.3, -0.25) is 14.5 Å². The molecule has 0 aromatic carbocycles. The molecule has 0 saturated carbocycles. The third-order valence-electron chi connectivity index (χ3n) is 4.34. The van der Waals surface area contributed by atoms with Crippen molar-refractivity contribution in [1.29, 1.82) is 0 Å². The summed E-state index contributed by atoms with van der Waals surface area (Å²) in [6.45, 7) is 4.06. The smallest absolute Gasteiger partial charge is 0.261 e. The van der Waals surface area contributed by atoms with E-state index in [0.29, 0.717) is 16.3 Å². The average molecular weight is 346 g/mol. The Morgan fingerprint density at radius 1 is 1.21 bits per heavy atom. The number of amides is 1. The van der Waals surface area contributed by atoms with Crippen molar-refractivity contribution in [2.45, 2.75) is 32.2 Å². The summed E-state index contributed by atoms with van der Waals surface area (Å²) in [6, 6.07) is 7.31. The maximum Gasteiger partial charge on any atom is 0.261 e. The highest BCUT2D eigenvalue weighted by Crippen LogP contribution is 2.25. The molecule has 0 radical (unpaired) electrons. The molecule has 2 aromatic heterocycles. The molecule has 5 nitrogen and oxygen atoms in total. The number of rotatable bonds is 6. The Balaban J connectivity index is 1.66. The lowest BCUT2D eigenvalue weighted by atomic mass is 10.1. The van der Waals surface area contributed by atoms with Crippen LogP contribution >= 0.6 is 11.3 Å². The fourth-order valence-electron chi connectivity index (χ4n) is 3.05. The van der Waals surface area contributed by atoms with Crippen LogP contribution in [-0.2, 0) is 0 Å². The minimum atomic E-state index is -0.138. The minimum Gasteiger partial charge on any atom is -0.468 e. The van der Waals surface area contributed by atoms with Gasteiger partial charge in [-0.25, -0.2) is 0 Å². The summed E-state index contributed by atoms with van der Waals surface area (Å²) >= 11 is 1.24. The van der Waals surface area contributed by atoms with Crippen LogP contribution in [0.2, 0.25) is 0 Å². The van der Waals surface area contributed by atoms with Crippen molar-refractivity contribution in [2.75, 3.05) is 19.6 Å². The molecule has 1 fully saturated rings. The predicted molar refractivity (Wildman–Crippen MR) is 93.5 cm³/mol. The van der Waals surface area contributed by atoms with Gasteiger partial charge in [0.15, 0.2) is 5.78 Å². The lowest BCUT2D eigenvalue weighted by Crippen LogP contribution is -2.40. The van der Waals surface area contributed by atoms with Crippen LogP contribution in [0.15, 0.2) is 34.9 Å². The van der Waals surface area contributed by atoms with Crippen LogP contribution in [0, 0.1) is 0 Å². The number of hydrogen-bond donors (Lipinski definition) is 1. The molecule has 0 unspecified atom stereocenters. The van der Waals surface area contributed by atoms with Gasteiger partial charge in [0, 0.05) is 6.54 Å². The molecule has 3 rings (SSSR count). The molecule has 1 atom stereocenters. The molecule has 1 aliphatic heterocycles. The van der Waals surface area contributed by atoms with E-state index >= 15 is 0 Å². The van der Waals surface area contributed by atoms with Crippen molar-refractivity contribution < 1.29 is 14.0 Å². The van der Waals surface area contributed by atoms with Gasteiger partial charge in [0.1, 0.15) is 5.76 Å². The van der Waals surface area contributed by atoms with Gasteiger partial charge in [0.2, 0.25) is 0 Å². The maximum absolute atomic E-state index is 12.4. The van der Waals surface area contributed by atoms with E-state index in [0.717, 1.165) is 18.8 Å². The topological polar surface area (TPSA) is 62.6 Å². The number of hydrogen-bond acceptors (Lipinski definition) is 5. The third kappa shape index (κ3) is 3.94. The molecular weight excluding hydrogens is 324 g/mol. The summed E-state index contributed by atoms with van der Waals surface area (Å²) in [5.41, 5.74) is 0. The summed E-state index contributed by atoms with van der Waals surface area (Å²) in [5.74, 6) is 0.731. The zero-order valence-electron chi connectivity index (χ0n) is 13.8. The highest BCUT2D eigenvalue weighted by molar-refractivity contribution is 7.15. The van der Waals surface area contributed by atoms with Gasteiger partial charge in [-0.05, 0) is 57.1 Å². The standard InChI is InChI=1S/C18H22N2O3S/c1-13(21)16-7-8-17(24-16)18(22)19-12-14(15-6-5-11-23-15)20-9-3-2-4-10-20/h5-8,11,14H,2-4,9-10,12H2,1H3,(H,19,22)/t14-/m1/s1. The summed E-state index contributed by atoms with van der Waals surface area (Å²) < 4.78 is 5.59. The Morgan fingerprint density at radius 3 is 2.58 bits per heavy atom. The van der Waals surface area contributed by atoms with Crippen molar-refractivity contribution in [3.05, 3.63) is 46.0 Å². The first-order valence-electron chi connectivity index (χ1n) is 8.31. The number of thiophene rings is 1. The summed E-state index contributed by atoms with van der Waals surface area (Å²) in [5, 5.41) is 3.00. The number of furan rings is 1. The van der Waals surface area contributed by atoms with Crippen LogP contribution in [0.4, 0.5) is 0 Å². The van der Waals surface area contributed by atoms with Crippen LogP contribution < -0.4 is 5.32 Å². The second kappa shape index (κ2) is 7.77. The first-order chi connectivity index (χ1) is 11.6. The van der Waals surface area contributed by atoms with Gasteiger partial charge >= 0.3 is 0 Å². The molecule has 128 valence electrons. The highest BCUT2D eigenvalue weighted by atomic mass is 32.1. The van der Waals surface area contributed by atoms with E-state index in [1.807, 2.05) is 12.1 Å². The summed E-state index contributed by atoms with van der Waals surface area (Å²) in [7, 11) is 0. The molecule has 0 aliphatic carbocycles. The van der Waals surface area contributed by atoms with Crippen molar-refractivity contribution in [2.24, 2.45) is 0 Å². The van der Waals surface area contributed by atoms with E-state index in [1.54, 1.807) is 18.4 Å². The van der Waals surface area contributed by atoms with Crippen molar-refractivity contribution in [1.82, 2.24) is 10.2 Å². The highest BCUT2D eigenvalue weighted by Gasteiger charge is 2.25. The number of nitrogens with one attached hydrogen (secondary N) is 1. The van der Waals surface area contributed by atoms with Crippen LogP contribution in [-0.4, -0.2) is 36.2 Å². The third-order valence-corrected chi connectivity index (χ3v) is 5.52. The lowest BCUT2D eigenvalue weighted by molar-refractivity contribution is 0.0917. The number of carbonyl (C=O) groups is 2. The van der Waals surface area contributed by atoms with E-state index in [-0.39, 0.29) is 17.7 Å². The first kappa shape index (κ1) is 16.9. The monoisotopic (exact) mass is 346 g/mol. The second-order valence-electron chi connectivity index (χ2n) is 6.06. The number of ketones is 1. The van der Waals surface area contributed by atoms with Gasteiger partial charge < -0.3 is 9.73 Å². The van der Waals surface area contributed by atoms with E-state index in [1.165, 1.54) is 37.5 Å². The predicted octanol–water partition coefficient (Wildman–Crippen LogP) is 3.50. The molecule has 1 amide bonds. The van der Waals surface area contributed by atoms with Gasteiger partial charge in [-0.2, -0.15) is 0 Å². The molecule has 0 bridgehead atoms. The van der Waals surface area contributed by atoms with Gasteiger partial charge in [0.25, 0.3) is 5.91 Å². The normalized spacial score (nSPS) is 16.7. The fraction of sp³-hybridized carbons (Fsp3) is 0.444. The Labute approximate surface area is 145 Å². The first-order valence-corrected chi connectivity index (χ1v) is 9.13. The molecule has 24 heavy (non-hydrogen) atoms. The SMILES string of the molecule is CC(=O)c1ccc(C(=O)NC[C@H](c2ccco2)N2CCCCC2)s1. The zero-order valence-corrected chi connectivity index (χ0v) is 14.6. The van der Waals surface area contributed by atoms with E-state index < -0.39 is 0 Å². The fourth-order valence-corrected chi connectivity index (χ4v) is 3.86. The van der Waals surface area contributed by atoms with Gasteiger partial charge in [-0.1, -0.05) is 6.42 Å². The summed E-state index contributed by atoms with van der Waals surface area (Å²) in [4.78, 5) is 27.3. The summed E-state index contributed by atoms with van der Waals surface area (Å²) in [6.07, 6.45) is 5.29. The van der Waals surface area contributed by atoms with E-state index in [9.17, 15) is 9.59 Å². The maximum atomic E-state index is 12.4. The van der Waals surface area contributed by atoms with Crippen LogP contribution in [0.3, 0.4) is 0 Å². The number of nitrogens with zero attached hydrogens (tertiary/aromatic N) is 1. The number of carbonyl (C=O) groups excluding carboxylic acids is 2. The van der Waals surface area contributed by atoms with Gasteiger partial charge in [-0.15, -0.1) is 11.3 Å². The van der Waals surface area contributed by atoms with E-state index in [2.05, 4.69) is 10.2 Å². The number of Topliss-reactive ketones (excluding diaryl/α,β-unsaturated/α-hetero) is 1. The minimum absolute atomic E-state index is 0.0131. The van der Waals surface area contributed by atoms with Crippen LogP contribution in [0.25, 0.3) is 0 Å². The second-order valence-corrected chi connectivity index (χ2v) is 7.14. The van der Waals surface area contributed by atoms with Crippen LogP contribution in [0.5, 0.6) is 0 Å². The van der Waals surface area contributed by atoms with Crippen molar-refractivity contribution in [3.8, 4) is 0 Å². The van der Waals surface area contributed by atoms with Crippen molar-refractivity contribution >= 4 is 23.0 Å².